The first-order valence-electron chi connectivity index (χ1n) is 8.12. The molecule has 0 bridgehead atoms. The van der Waals surface area contributed by atoms with Crippen molar-refractivity contribution >= 4 is 29.0 Å². The molecule has 0 saturated heterocycles. The summed E-state index contributed by atoms with van der Waals surface area (Å²) in [6, 6.07) is 14.4. The number of Topliss-reactive ketones (excluding diaryl/α,β-unsaturated/α-hetero) is 1. The number of nitrogens with zero attached hydrogens (tertiary/aromatic N) is 1. The van der Waals surface area contributed by atoms with Crippen molar-refractivity contribution in [2.24, 2.45) is 0 Å². The molecule has 0 aliphatic rings. The van der Waals surface area contributed by atoms with Crippen LogP contribution >= 0.6 is 0 Å². The van der Waals surface area contributed by atoms with Crippen molar-refractivity contribution < 1.29 is 14.4 Å². The van der Waals surface area contributed by atoms with Gasteiger partial charge in [-0.1, -0.05) is 29.8 Å². The van der Waals surface area contributed by atoms with E-state index in [1.54, 1.807) is 24.3 Å². The number of nitrogens with one attached hydrogen (secondary N) is 1. The summed E-state index contributed by atoms with van der Waals surface area (Å²) in [7, 11) is 0. The Morgan fingerprint density at radius 2 is 1.68 bits per heavy atom. The molecule has 0 spiro atoms. The van der Waals surface area contributed by atoms with Gasteiger partial charge in [0.1, 0.15) is 0 Å². The second kappa shape index (κ2) is 8.24. The molecule has 0 radical (unpaired) electrons. The fraction of sp³-hybridized carbons (Fsp3) is 0.250. The van der Waals surface area contributed by atoms with E-state index in [4.69, 9.17) is 0 Å². The van der Waals surface area contributed by atoms with Crippen LogP contribution in [0.5, 0.6) is 0 Å². The van der Waals surface area contributed by atoms with Gasteiger partial charge in [0.25, 0.3) is 0 Å². The fourth-order valence-electron chi connectivity index (χ4n) is 2.43. The van der Waals surface area contributed by atoms with Gasteiger partial charge in [-0.05, 0) is 38.1 Å². The molecular weight excluding hydrogens is 316 g/mol. The van der Waals surface area contributed by atoms with E-state index in [1.165, 1.54) is 18.7 Å². The number of amides is 2. The smallest absolute Gasteiger partial charge is 0.226 e. The number of hydrogen-bond donors (Lipinski definition) is 1. The van der Waals surface area contributed by atoms with Gasteiger partial charge in [0.2, 0.25) is 11.8 Å². The highest BCUT2D eigenvalue weighted by molar-refractivity contribution is 5.98. The van der Waals surface area contributed by atoms with Crippen molar-refractivity contribution in [1.82, 2.24) is 0 Å². The van der Waals surface area contributed by atoms with Crippen molar-refractivity contribution in [3.8, 4) is 0 Å². The number of rotatable bonds is 6. The van der Waals surface area contributed by atoms with Gasteiger partial charge in [0, 0.05) is 36.8 Å². The summed E-state index contributed by atoms with van der Waals surface area (Å²) < 4.78 is 0. The number of hydrogen-bond acceptors (Lipinski definition) is 3. The summed E-state index contributed by atoms with van der Waals surface area (Å²) in [5, 5.41) is 2.81. The molecule has 2 aromatic carbocycles. The van der Waals surface area contributed by atoms with Gasteiger partial charge in [0.15, 0.2) is 5.78 Å². The summed E-state index contributed by atoms with van der Waals surface area (Å²) in [5.41, 5.74) is 2.99. The zero-order chi connectivity index (χ0) is 18.4. The highest BCUT2D eigenvalue weighted by Gasteiger charge is 2.14. The van der Waals surface area contributed by atoms with Crippen molar-refractivity contribution in [3.63, 3.8) is 0 Å². The van der Waals surface area contributed by atoms with Crippen LogP contribution < -0.4 is 10.2 Å². The van der Waals surface area contributed by atoms with Gasteiger partial charge < -0.3 is 10.2 Å². The van der Waals surface area contributed by atoms with Crippen LogP contribution in [-0.4, -0.2) is 24.1 Å². The summed E-state index contributed by atoms with van der Waals surface area (Å²) >= 11 is 0. The van der Waals surface area contributed by atoms with E-state index in [9.17, 15) is 14.4 Å². The lowest BCUT2D eigenvalue weighted by atomic mass is 10.1. The van der Waals surface area contributed by atoms with Crippen LogP contribution in [0.3, 0.4) is 0 Å². The first-order chi connectivity index (χ1) is 11.9. The maximum absolute atomic E-state index is 12.1. The first-order valence-corrected chi connectivity index (χ1v) is 8.12. The SMILES string of the molecule is CC(=O)c1cccc(N(CCC(=O)Nc2ccc(C)cc2)C(C)=O)c1. The molecule has 0 saturated carbocycles. The minimum Gasteiger partial charge on any atom is -0.326 e. The van der Waals surface area contributed by atoms with E-state index in [0.29, 0.717) is 11.3 Å². The predicted octanol–water partition coefficient (Wildman–Crippen LogP) is 3.58. The molecule has 5 nitrogen and oxygen atoms in total. The van der Waals surface area contributed by atoms with Gasteiger partial charge in [0.05, 0.1) is 0 Å². The molecule has 2 amide bonds. The monoisotopic (exact) mass is 338 g/mol. The van der Waals surface area contributed by atoms with Crippen LogP contribution in [0.25, 0.3) is 0 Å². The molecule has 0 fully saturated rings. The molecule has 1 N–H and O–H groups in total. The van der Waals surface area contributed by atoms with Crippen molar-refractivity contribution in [2.45, 2.75) is 27.2 Å². The number of carbonyl (C=O) groups excluding carboxylic acids is 3. The van der Waals surface area contributed by atoms with Crippen LogP contribution in [-0.2, 0) is 9.59 Å². The van der Waals surface area contributed by atoms with E-state index in [0.717, 1.165) is 11.3 Å². The normalized spacial score (nSPS) is 10.2. The van der Waals surface area contributed by atoms with E-state index in [2.05, 4.69) is 5.32 Å². The number of benzene rings is 2. The van der Waals surface area contributed by atoms with E-state index >= 15 is 0 Å². The standard InChI is InChI=1S/C20H22N2O3/c1-14-7-9-18(10-8-14)21-20(25)11-12-22(16(3)24)19-6-4-5-17(13-19)15(2)23/h4-10,13H,11-12H2,1-3H3,(H,21,25). The average molecular weight is 338 g/mol. The van der Waals surface area contributed by atoms with Crippen LogP contribution in [0.15, 0.2) is 48.5 Å². The summed E-state index contributed by atoms with van der Waals surface area (Å²) in [6.07, 6.45) is 0.164. The Morgan fingerprint density at radius 1 is 1.00 bits per heavy atom. The van der Waals surface area contributed by atoms with Crippen molar-refractivity contribution in [1.29, 1.82) is 0 Å². The third-order valence-electron chi connectivity index (χ3n) is 3.84. The lowest BCUT2D eigenvalue weighted by Crippen LogP contribution is -2.32. The van der Waals surface area contributed by atoms with Crippen LogP contribution in [0.4, 0.5) is 11.4 Å². The number of anilines is 2. The van der Waals surface area contributed by atoms with Crippen LogP contribution in [0.1, 0.15) is 36.2 Å². The molecule has 2 rings (SSSR count). The number of ketones is 1. The quantitative estimate of drug-likeness (QED) is 0.819. The average Bonchev–Trinajstić information content (AvgIpc) is 2.57. The molecular formula is C20H22N2O3. The molecule has 0 unspecified atom stereocenters. The van der Waals surface area contributed by atoms with E-state index < -0.39 is 0 Å². The largest absolute Gasteiger partial charge is 0.326 e. The summed E-state index contributed by atoms with van der Waals surface area (Å²) in [6.45, 7) is 5.14. The van der Waals surface area contributed by atoms with Crippen molar-refractivity contribution in [2.75, 3.05) is 16.8 Å². The zero-order valence-corrected chi connectivity index (χ0v) is 14.7. The van der Waals surface area contributed by atoms with Gasteiger partial charge >= 0.3 is 0 Å². The van der Waals surface area contributed by atoms with E-state index in [-0.39, 0.29) is 30.6 Å². The molecule has 25 heavy (non-hydrogen) atoms. The molecule has 2 aromatic rings. The zero-order valence-electron chi connectivity index (χ0n) is 14.7. The Morgan fingerprint density at radius 3 is 2.28 bits per heavy atom. The second-order valence-corrected chi connectivity index (χ2v) is 5.94. The second-order valence-electron chi connectivity index (χ2n) is 5.94. The molecule has 130 valence electrons. The Labute approximate surface area is 147 Å². The lowest BCUT2D eigenvalue weighted by Gasteiger charge is -2.21. The topological polar surface area (TPSA) is 66.5 Å². The van der Waals surface area contributed by atoms with Crippen LogP contribution in [0.2, 0.25) is 0 Å². The Hall–Kier alpha value is -2.95. The molecule has 0 aliphatic heterocycles. The van der Waals surface area contributed by atoms with Gasteiger partial charge in [-0.3, -0.25) is 14.4 Å². The highest BCUT2D eigenvalue weighted by Crippen LogP contribution is 2.18. The Kier molecular flexibility index (Phi) is 6.06. The summed E-state index contributed by atoms with van der Waals surface area (Å²) in [5.74, 6) is -0.413. The lowest BCUT2D eigenvalue weighted by molar-refractivity contribution is -0.117. The summed E-state index contributed by atoms with van der Waals surface area (Å²) in [4.78, 5) is 37.1. The minimum atomic E-state index is -0.177. The predicted molar refractivity (Wildman–Crippen MR) is 98.9 cm³/mol. The van der Waals surface area contributed by atoms with E-state index in [1.807, 2.05) is 31.2 Å². The maximum atomic E-state index is 12.1. The molecule has 0 aromatic heterocycles. The fourth-order valence-corrected chi connectivity index (χ4v) is 2.43. The number of carbonyl (C=O) groups is 3. The van der Waals surface area contributed by atoms with Crippen LogP contribution in [0, 0.1) is 6.92 Å². The van der Waals surface area contributed by atoms with Gasteiger partial charge in [-0.15, -0.1) is 0 Å². The Balaban J connectivity index is 2.03. The Bertz CT molecular complexity index is 782. The molecule has 0 aliphatic carbocycles. The molecule has 5 heteroatoms. The third kappa shape index (κ3) is 5.28. The van der Waals surface area contributed by atoms with Gasteiger partial charge in [-0.2, -0.15) is 0 Å². The van der Waals surface area contributed by atoms with Crippen molar-refractivity contribution in [3.05, 3.63) is 59.7 Å². The highest BCUT2D eigenvalue weighted by atomic mass is 16.2. The molecule has 0 heterocycles. The minimum absolute atomic E-state index is 0.0672. The maximum Gasteiger partial charge on any atom is 0.226 e. The number of aryl methyl sites for hydroxylation is 1. The first kappa shape index (κ1) is 18.4. The third-order valence-corrected chi connectivity index (χ3v) is 3.84. The molecule has 0 atom stereocenters. The van der Waals surface area contributed by atoms with Gasteiger partial charge in [-0.25, -0.2) is 0 Å².